The van der Waals surface area contributed by atoms with Gasteiger partial charge < -0.3 is 15.4 Å². The average Bonchev–Trinajstić information content (AvgIpc) is 2.72. The molecule has 0 unspecified atom stereocenters. The zero-order valence-corrected chi connectivity index (χ0v) is 18.7. The van der Waals surface area contributed by atoms with Gasteiger partial charge in [-0.1, -0.05) is 53.5 Å². The van der Waals surface area contributed by atoms with Gasteiger partial charge >= 0.3 is 0 Å². The van der Waals surface area contributed by atoms with E-state index in [0.29, 0.717) is 38.1 Å². The molecule has 0 aliphatic carbocycles. The molecule has 3 aromatic rings. The van der Waals surface area contributed by atoms with Gasteiger partial charge in [0.2, 0.25) is 0 Å². The summed E-state index contributed by atoms with van der Waals surface area (Å²) in [5.74, 6) is -0.224. The van der Waals surface area contributed by atoms with Crippen LogP contribution in [0, 0.1) is 0 Å². The number of halogens is 3. The molecule has 0 saturated carbocycles. The summed E-state index contributed by atoms with van der Waals surface area (Å²) in [5, 5.41) is 6.32. The summed E-state index contributed by atoms with van der Waals surface area (Å²) in [6.07, 6.45) is 0. The van der Waals surface area contributed by atoms with Crippen molar-refractivity contribution in [2.75, 3.05) is 11.9 Å². The quantitative estimate of drug-likeness (QED) is 0.430. The first-order valence-electron chi connectivity index (χ1n) is 8.92. The minimum Gasteiger partial charge on any atom is -0.481 e. The van der Waals surface area contributed by atoms with Crippen molar-refractivity contribution < 1.29 is 14.3 Å². The molecule has 0 spiro atoms. The van der Waals surface area contributed by atoms with Crippen LogP contribution in [0.4, 0.5) is 5.69 Å². The number of nitrogens with one attached hydrogen (secondary N) is 2. The first-order chi connectivity index (χ1) is 14.4. The Morgan fingerprint density at radius 2 is 1.67 bits per heavy atom. The van der Waals surface area contributed by atoms with Crippen molar-refractivity contribution in [2.24, 2.45) is 0 Å². The molecule has 154 valence electrons. The van der Waals surface area contributed by atoms with Crippen LogP contribution in [0.25, 0.3) is 0 Å². The van der Waals surface area contributed by atoms with Crippen molar-refractivity contribution in [1.82, 2.24) is 5.32 Å². The van der Waals surface area contributed by atoms with Crippen molar-refractivity contribution in [1.29, 1.82) is 0 Å². The average molecular weight is 508 g/mol. The van der Waals surface area contributed by atoms with Crippen molar-refractivity contribution in [3.05, 3.63) is 92.4 Å². The largest absolute Gasteiger partial charge is 0.481 e. The van der Waals surface area contributed by atoms with Crippen molar-refractivity contribution in [3.8, 4) is 5.75 Å². The number of carbonyl (C=O) groups excluding carboxylic acids is 2. The highest BCUT2D eigenvalue weighted by molar-refractivity contribution is 9.10. The van der Waals surface area contributed by atoms with E-state index in [0.717, 1.165) is 5.56 Å². The van der Waals surface area contributed by atoms with E-state index in [9.17, 15) is 9.59 Å². The van der Waals surface area contributed by atoms with Crippen LogP contribution < -0.4 is 15.4 Å². The molecular weight excluding hydrogens is 491 g/mol. The fourth-order valence-electron chi connectivity index (χ4n) is 2.59. The van der Waals surface area contributed by atoms with E-state index in [1.54, 1.807) is 30.3 Å². The van der Waals surface area contributed by atoms with Crippen LogP contribution in [0.2, 0.25) is 10.0 Å². The third-order valence-corrected chi connectivity index (χ3v) is 5.13. The number of hydrogen-bond donors (Lipinski definition) is 2. The summed E-state index contributed by atoms with van der Waals surface area (Å²) in [5.41, 5.74) is 2.06. The van der Waals surface area contributed by atoms with Gasteiger partial charge in [0.25, 0.3) is 11.8 Å². The Hall–Kier alpha value is -2.54. The number of anilines is 1. The van der Waals surface area contributed by atoms with Crippen LogP contribution in [0.5, 0.6) is 5.75 Å². The number of amides is 2. The second kappa shape index (κ2) is 10.5. The third kappa shape index (κ3) is 6.23. The van der Waals surface area contributed by atoms with E-state index >= 15 is 0 Å². The van der Waals surface area contributed by atoms with Gasteiger partial charge in [0.1, 0.15) is 0 Å². The number of ether oxygens (including phenoxy) is 1. The lowest BCUT2D eigenvalue weighted by Gasteiger charge is -2.11. The number of hydrogen-bond acceptors (Lipinski definition) is 3. The molecule has 0 bridgehead atoms. The van der Waals surface area contributed by atoms with Crippen molar-refractivity contribution >= 4 is 56.6 Å². The summed E-state index contributed by atoms with van der Waals surface area (Å²) in [6, 6.07) is 19.4. The molecule has 0 fully saturated rings. The molecule has 0 aliphatic heterocycles. The molecule has 2 N–H and O–H groups in total. The van der Waals surface area contributed by atoms with Crippen LogP contribution in [0.3, 0.4) is 0 Å². The van der Waals surface area contributed by atoms with Gasteiger partial charge in [0.05, 0.1) is 9.50 Å². The summed E-state index contributed by atoms with van der Waals surface area (Å²) in [4.78, 5) is 24.4. The van der Waals surface area contributed by atoms with Crippen LogP contribution in [-0.4, -0.2) is 18.4 Å². The molecule has 0 aromatic heterocycles. The van der Waals surface area contributed by atoms with Gasteiger partial charge in [0, 0.05) is 22.8 Å². The maximum Gasteiger partial charge on any atom is 0.262 e. The van der Waals surface area contributed by atoms with E-state index in [2.05, 4.69) is 26.6 Å². The Morgan fingerprint density at radius 3 is 2.33 bits per heavy atom. The summed E-state index contributed by atoms with van der Waals surface area (Å²) in [7, 11) is 0. The van der Waals surface area contributed by atoms with E-state index in [1.807, 2.05) is 30.3 Å². The Morgan fingerprint density at radius 1 is 0.967 bits per heavy atom. The molecule has 2 amide bonds. The van der Waals surface area contributed by atoms with Gasteiger partial charge in [-0.25, -0.2) is 0 Å². The highest BCUT2D eigenvalue weighted by Crippen LogP contribution is 2.36. The molecule has 0 aliphatic rings. The predicted molar refractivity (Wildman–Crippen MR) is 122 cm³/mol. The number of benzene rings is 3. The molecule has 0 heterocycles. The van der Waals surface area contributed by atoms with Gasteiger partial charge in [-0.15, -0.1) is 0 Å². The summed E-state index contributed by atoms with van der Waals surface area (Å²) >= 11 is 15.3. The van der Waals surface area contributed by atoms with Gasteiger partial charge in [-0.3, -0.25) is 9.59 Å². The number of carbonyl (C=O) groups is 2. The lowest BCUT2D eigenvalue weighted by Crippen LogP contribution is -2.23. The minimum atomic E-state index is -0.366. The maximum absolute atomic E-state index is 12.3. The second-order valence-electron chi connectivity index (χ2n) is 6.28. The van der Waals surface area contributed by atoms with Crippen molar-refractivity contribution in [3.63, 3.8) is 0 Å². The highest BCUT2D eigenvalue weighted by atomic mass is 79.9. The Kier molecular flexibility index (Phi) is 7.74. The molecule has 30 heavy (non-hydrogen) atoms. The monoisotopic (exact) mass is 506 g/mol. The van der Waals surface area contributed by atoms with Crippen LogP contribution in [-0.2, 0) is 11.3 Å². The molecule has 0 radical (unpaired) electrons. The normalized spacial score (nSPS) is 10.4. The molecule has 0 atom stereocenters. The fraction of sp³-hybridized carbons (Fsp3) is 0.0909. The first kappa shape index (κ1) is 22.2. The summed E-state index contributed by atoms with van der Waals surface area (Å²) < 4.78 is 6.03. The second-order valence-corrected chi connectivity index (χ2v) is 7.98. The van der Waals surface area contributed by atoms with Gasteiger partial charge in [0.15, 0.2) is 12.4 Å². The first-order valence-corrected chi connectivity index (χ1v) is 10.5. The molecular formula is C22H17BrCl2N2O3. The number of rotatable bonds is 7. The van der Waals surface area contributed by atoms with E-state index in [-0.39, 0.29) is 18.4 Å². The van der Waals surface area contributed by atoms with Crippen LogP contribution in [0.15, 0.2) is 71.2 Å². The van der Waals surface area contributed by atoms with Gasteiger partial charge in [-0.2, -0.15) is 0 Å². The van der Waals surface area contributed by atoms with Crippen LogP contribution in [0.1, 0.15) is 15.9 Å². The third-order valence-electron chi connectivity index (χ3n) is 4.04. The molecule has 3 aromatic carbocycles. The van der Waals surface area contributed by atoms with E-state index in [1.165, 1.54) is 6.07 Å². The fourth-order valence-corrected chi connectivity index (χ4v) is 3.96. The topological polar surface area (TPSA) is 67.4 Å². The molecule has 0 saturated heterocycles. The van der Waals surface area contributed by atoms with E-state index < -0.39 is 0 Å². The Labute approximate surface area is 192 Å². The standard InChI is InChI=1S/C22H17BrCl2N2O3/c23-18-10-16(24)11-19(25)21(18)30-13-20(28)27-17-8-6-15(7-9-17)22(29)26-12-14-4-2-1-3-5-14/h1-11H,12-13H2,(H,26,29)(H,27,28). The summed E-state index contributed by atoms with van der Waals surface area (Å²) in [6.45, 7) is 0.206. The molecule has 8 heteroatoms. The van der Waals surface area contributed by atoms with Crippen LogP contribution >= 0.6 is 39.1 Å². The van der Waals surface area contributed by atoms with Gasteiger partial charge in [-0.05, 0) is 57.9 Å². The smallest absolute Gasteiger partial charge is 0.262 e. The van der Waals surface area contributed by atoms with Crippen molar-refractivity contribution in [2.45, 2.75) is 6.54 Å². The zero-order chi connectivity index (χ0) is 21.5. The lowest BCUT2D eigenvalue weighted by molar-refractivity contribution is -0.118. The molecule has 5 nitrogen and oxygen atoms in total. The SMILES string of the molecule is O=C(COc1c(Cl)cc(Cl)cc1Br)Nc1ccc(C(=O)NCc2ccccc2)cc1. The minimum absolute atomic E-state index is 0.192. The van der Waals surface area contributed by atoms with E-state index in [4.69, 9.17) is 27.9 Å². The molecule has 3 rings (SSSR count). The Bertz CT molecular complexity index is 1020. The maximum atomic E-state index is 12.3. The highest BCUT2D eigenvalue weighted by Gasteiger charge is 2.12. The lowest BCUT2D eigenvalue weighted by atomic mass is 10.1. The zero-order valence-electron chi connectivity index (χ0n) is 15.6. The predicted octanol–water partition coefficient (Wildman–Crippen LogP) is 5.70. The Balaban J connectivity index is 1.51.